The van der Waals surface area contributed by atoms with Crippen molar-refractivity contribution in [1.82, 2.24) is 4.98 Å². The average molecular weight is 426 g/mol. The van der Waals surface area contributed by atoms with Crippen molar-refractivity contribution in [1.29, 1.82) is 0 Å². The van der Waals surface area contributed by atoms with Gasteiger partial charge in [-0.3, -0.25) is 14.5 Å². The van der Waals surface area contributed by atoms with Crippen LogP contribution in [0.1, 0.15) is 38.1 Å². The van der Waals surface area contributed by atoms with Crippen molar-refractivity contribution in [3.63, 3.8) is 0 Å². The number of benzene rings is 1. The number of pyridine rings is 1. The Morgan fingerprint density at radius 2 is 1.84 bits per heavy atom. The van der Waals surface area contributed by atoms with Crippen LogP contribution in [0.25, 0.3) is 0 Å². The number of nitrogens with zero attached hydrogens (tertiary/aromatic N) is 2. The van der Waals surface area contributed by atoms with Crippen LogP contribution in [-0.2, 0) is 14.3 Å². The number of esters is 1. The molecule has 9 nitrogen and oxygen atoms in total. The Morgan fingerprint density at radius 1 is 1.16 bits per heavy atom. The lowest BCUT2D eigenvalue weighted by atomic mass is 10.0. The van der Waals surface area contributed by atoms with Gasteiger partial charge in [-0.05, 0) is 56.2 Å². The molecule has 1 unspecified atom stereocenters. The van der Waals surface area contributed by atoms with E-state index in [-0.39, 0.29) is 36.1 Å². The lowest BCUT2D eigenvalue weighted by Gasteiger charge is -2.34. The minimum atomic E-state index is -0.725. The van der Waals surface area contributed by atoms with Gasteiger partial charge in [-0.1, -0.05) is 13.8 Å². The van der Waals surface area contributed by atoms with Gasteiger partial charge in [-0.15, -0.1) is 0 Å². The van der Waals surface area contributed by atoms with Crippen LogP contribution in [-0.4, -0.2) is 41.5 Å². The minimum Gasteiger partial charge on any atom is -0.476 e. The van der Waals surface area contributed by atoms with E-state index < -0.39 is 18.0 Å². The first kappa shape index (κ1) is 22.1. The monoisotopic (exact) mass is 426 g/mol. The third kappa shape index (κ3) is 5.11. The van der Waals surface area contributed by atoms with Gasteiger partial charge in [0.1, 0.15) is 12.4 Å². The third-order valence-corrected chi connectivity index (χ3v) is 4.53. The minimum absolute atomic E-state index is 0.0955. The molecule has 0 spiro atoms. The summed E-state index contributed by atoms with van der Waals surface area (Å²) in [7, 11) is 0. The third-order valence-electron chi connectivity index (χ3n) is 4.53. The predicted octanol–water partition coefficient (Wildman–Crippen LogP) is 2.62. The number of fused-ring (bicyclic) bond motifs is 1. The molecule has 1 aromatic heterocycles. The topological polar surface area (TPSA) is 124 Å². The zero-order chi connectivity index (χ0) is 22.7. The molecule has 2 aromatic rings. The summed E-state index contributed by atoms with van der Waals surface area (Å²) < 4.78 is 10.9. The van der Waals surface area contributed by atoms with Crippen LogP contribution in [0.5, 0.6) is 5.75 Å². The van der Waals surface area contributed by atoms with Crippen LogP contribution < -0.4 is 20.7 Å². The Balaban J connectivity index is 1.74. The van der Waals surface area contributed by atoms with E-state index >= 15 is 0 Å². The normalized spacial score (nSPS) is 15.5. The van der Waals surface area contributed by atoms with E-state index in [2.05, 4.69) is 10.3 Å². The highest BCUT2D eigenvalue weighted by Crippen LogP contribution is 2.34. The SMILES string of the molecule is CC(C)OC(=O)c1ccc(NC(=O)CN2C(=O)C(C(C)C)Oc3ccc(N)nc32)cc1. The molecule has 1 aliphatic rings. The van der Waals surface area contributed by atoms with E-state index in [1.54, 1.807) is 50.2 Å². The van der Waals surface area contributed by atoms with E-state index in [9.17, 15) is 14.4 Å². The van der Waals surface area contributed by atoms with Crippen LogP contribution in [0.4, 0.5) is 17.3 Å². The summed E-state index contributed by atoms with van der Waals surface area (Å²) in [4.78, 5) is 43.0. The largest absolute Gasteiger partial charge is 0.476 e. The van der Waals surface area contributed by atoms with Crippen molar-refractivity contribution in [2.24, 2.45) is 5.92 Å². The first-order chi connectivity index (χ1) is 14.7. The molecule has 31 heavy (non-hydrogen) atoms. The molecule has 0 radical (unpaired) electrons. The van der Waals surface area contributed by atoms with Crippen LogP contribution in [0.15, 0.2) is 36.4 Å². The lowest BCUT2D eigenvalue weighted by molar-refractivity contribution is -0.129. The predicted molar refractivity (Wildman–Crippen MR) is 116 cm³/mol. The molecule has 0 aliphatic carbocycles. The standard InChI is InChI=1S/C22H26N4O5/c1-12(2)19-21(28)26(20-16(31-19)9-10-17(23)25-20)11-18(27)24-15-7-5-14(6-8-15)22(29)30-13(3)4/h5-10,12-13,19H,11H2,1-4H3,(H2,23,25)(H,24,27). The van der Waals surface area contributed by atoms with Gasteiger partial charge in [0.05, 0.1) is 11.7 Å². The van der Waals surface area contributed by atoms with Gasteiger partial charge in [0, 0.05) is 5.69 Å². The molecular weight excluding hydrogens is 400 g/mol. The van der Waals surface area contributed by atoms with E-state index in [1.165, 1.54) is 4.90 Å². The lowest BCUT2D eigenvalue weighted by Crippen LogP contribution is -2.51. The summed E-state index contributed by atoms with van der Waals surface area (Å²) in [6, 6.07) is 9.53. The molecular formula is C22H26N4O5. The number of carbonyl (C=O) groups is 3. The second-order valence-corrected chi connectivity index (χ2v) is 7.84. The maximum absolute atomic E-state index is 12.9. The van der Waals surface area contributed by atoms with Crippen molar-refractivity contribution >= 4 is 35.1 Å². The number of hydrogen-bond acceptors (Lipinski definition) is 7. The number of aromatic nitrogens is 1. The fourth-order valence-corrected chi connectivity index (χ4v) is 3.07. The number of rotatable bonds is 6. The Bertz CT molecular complexity index is 988. The number of nitrogens with two attached hydrogens (primary N) is 1. The summed E-state index contributed by atoms with van der Waals surface area (Å²) >= 11 is 0. The fraction of sp³-hybridized carbons (Fsp3) is 0.364. The maximum atomic E-state index is 12.9. The van der Waals surface area contributed by atoms with Gasteiger partial charge >= 0.3 is 5.97 Å². The highest BCUT2D eigenvalue weighted by Gasteiger charge is 2.38. The second kappa shape index (κ2) is 9.03. The summed E-state index contributed by atoms with van der Waals surface area (Å²) in [5.74, 6) is -0.494. The summed E-state index contributed by atoms with van der Waals surface area (Å²) in [6.45, 7) is 7.00. The van der Waals surface area contributed by atoms with Gasteiger partial charge in [0.2, 0.25) is 5.91 Å². The smallest absolute Gasteiger partial charge is 0.338 e. The molecule has 1 aliphatic heterocycles. The van der Waals surface area contributed by atoms with Gasteiger partial charge in [0.25, 0.3) is 5.91 Å². The van der Waals surface area contributed by atoms with E-state index in [1.807, 2.05) is 13.8 Å². The first-order valence-corrected chi connectivity index (χ1v) is 10.0. The molecule has 0 saturated carbocycles. The number of amides is 2. The van der Waals surface area contributed by atoms with E-state index in [0.29, 0.717) is 17.0 Å². The molecule has 3 N–H and O–H groups in total. The Labute approximate surface area is 180 Å². The molecule has 0 saturated heterocycles. The average Bonchev–Trinajstić information content (AvgIpc) is 2.70. The summed E-state index contributed by atoms with van der Waals surface area (Å²) in [6.07, 6.45) is -0.949. The van der Waals surface area contributed by atoms with Crippen molar-refractivity contribution in [2.75, 3.05) is 22.5 Å². The Hall–Kier alpha value is -3.62. The zero-order valence-corrected chi connectivity index (χ0v) is 17.9. The first-order valence-electron chi connectivity index (χ1n) is 10.0. The van der Waals surface area contributed by atoms with Gasteiger partial charge < -0.3 is 20.5 Å². The molecule has 1 atom stereocenters. The fourth-order valence-electron chi connectivity index (χ4n) is 3.07. The van der Waals surface area contributed by atoms with E-state index in [0.717, 1.165) is 0 Å². The molecule has 2 amide bonds. The second-order valence-electron chi connectivity index (χ2n) is 7.84. The molecule has 3 rings (SSSR count). The van der Waals surface area contributed by atoms with Crippen LogP contribution in [0, 0.1) is 5.92 Å². The molecule has 0 fully saturated rings. The number of anilines is 3. The van der Waals surface area contributed by atoms with Crippen LogP contribution >= 0.6 is 0 Å². The van der Waals surface area contributed by atoms with Crippen molar-refractivity contribution in [3.05, 3.63) is 42.0 Å². The number of nitrogen functional groups attached to an aromatic ring is 1. The maximum Gasteiger partial charge on any atom is 0.338 e. The molecule has 1 aromatic carbocycles. The van der Waals surface area contributed by atoms with Gasteiger partial charge in [-0.2, -0.15) is 0 Å². The van der Waals surface area contributed by atoms with E-state index in [4.69, 9.17) is 15.2 Å². The van der Waals surface area contributed by atoms with Crippen molar-refractivity contribution in [2.45, 2.75) is 39.9 Å². The number of hydrogen-bond donors (Lipinski definition) is 2. The molecule has 2 heterocycles. The molecule has 164 valence electrons. The highest BCUT2D eigenvalue weighted by atomic mass is 16.5. The van der Waals surface area contributed by atoms with Crippen LogP contribution in [0.3, 0.4) is 0 Å². The number of ether oxygens (including phenoxy) is 2. The number of carbonyl (C=O) groups excluding carboxylic acids is 3. The Morgan fingerprint density at radius 3 is 2.45 bits per heavy atom. The summed E-state index contributed by atoms with van der Waals surface area (Å²) in [5.41, 5.74) is 6.62. The van der Waals surface area contributed by atoms with Crippen molar-refractivity contribution < 1.29 is 23.9 Å². The summed E-state index contributed by atoms with van der Waals surface area (Å²) in [5, 5.41) is 2.72. The molecule has 9 heteroatoms. The highest BCUT2D eigenvalue weighted by molar-refractivity contribution is 6.05. The molecule has 0 bridgehead atoms. The van der Waals surface area contributed by atoms with Crippen molar-refractivity contribution in [3.8, 4) is 5.75 Å². The Kier molecular flexibility index (Phi) is 6.43. The number of nitrogens with one attached hydrogen (secondary N) is 1. The van der Waals surface area contributed by atoms with Gasteiger partial charge in [-0.25, -0.2) is 9.78 Å². The van der Waals surface area contributed by atoms with Crippen LogP contribution in [0.2, 0.25) is 0 Å². The van der Waals surface area contributed by atoms with Gasteiger partial charge in [0.15, 0.2) is 17.7 Å². The quantitative estimate of drug-likeness (QED) is 0.681. The zero-order valence-electron chi connectivity index (χ0n) is 17.9.